The minimum Gasteiger partial charge on any atom is -0.211 e. The van der Waals surface area contributed by atoms with Crippen molar-refractivity contribution in [3.63, 3.8) is 0 Å². The monoisotopic (exact) mass is 187 g/mol. The Kier molecular flexibility index (Phi) is 4.39. The molecular weight excluding hydrogens is 174 g/mol. The first kappa shape index (κ1) is 10.4. The molecule has 1 aromatic rings. The van der Waals surface area contributed by atoms with E-state index in [0.29, 0.717) is 0 Å². The molecule has 0 aliphatic rings. The molecule has 2 heteroatoms. The summed E-state index contributed by atoms with van der Waals surface area (Å²) in [4.78, 5) is 14.0. The van der Waals surface area contributed by atoms with E-state index in [0.717, 1.165) is 12.0 Å². The molecule has 1 aromatic carbocycles. The van der Waals surface area contributed by atoms with Crippen LogP contribution in [0, 0.1) is 0 Å². The van der Waals surface area contributed by atoms with Gasteiger partial charge in [0.05, 0.1) is 0 Å². The van der Waals surface area contributed by atoms with Crippen LogP contribution in [0.25, 0.3) is 0 Å². The largest absolute Gasteiger partial charge is 0.235 e. The van der Waals surface area contributed by atoms with Crippen LogP contribution >= 0.6 is 0 Å². The fraction of sp³-hybridized carbons (Fsp3) is 0.250. The predicted molar refractivity (Wildman–Crippen MR) is 56.7 cm³/mol. The summed E-state index contributed by atoms with van der Waals surface area (Å²) in [7, 11) is 0. The number of carbonyl (C=O) groups excluding carboxylic acids is 1. The third-order valence-electron chi connectivity index (χ3n) is 1.89. The second kappa shape index (κ2) is 5.90. The SMILES string of the molecule is CCC=CC(N=C=O)c1ccccc1. The van der Waals surface area contributed by atoms with E-state index >= 15 is 0 Å². The molecule has 0 amide bonds. The quantitative estimate of drug-likeness (QED) is 0.404. The normalized spacial score (nSPS) is 12.4. The Morgan fingerprint density at radius 1 is 1.43 bits per heavy atom. The number of isocyanates is 1. The van der Waals surface area contributed by atoms with Crippen molar-refractivity contribution in [2.75, 3.05) is 0 Å². The summed E-state index contributed by atoms with van der Waals surface area (Å²) in [6, 6.07) is 9.52. The maximum Gasteiger partial charge on any atom is 0.235 e. The summed E-state index contributed by atoms with van der Waals surface area (Å²) < 4.78 is 0. The van der Waals surface area contributed by atoms with Gasteiger partial charge in [-0.15, -0.1) is 0 Å². The van der Waals surface area contributed by atoms with Crippen LogP contribution in [-0.4, -0.2) is 6.08 Å². The van der Waals surface area contributed by atoms with Crippen LogP contribution in [0.15, 0.2) is 47.5 Å². The van der Waals surface area contributed by atoms with Gasteiger partial charge in [-0.1, -0.05) is 49.4 Å². The highest BCUT2D eigenvalue weighted by atomic mass is 16.1. The molecule has 0 aliphatic carbocycles. The van der Waals surface area contributed by atoms with E-state index in [1.165, 1.54) is 0 Å². The van der Waals surface area contributed by atoms with E-state index in [-0.39, 0.29) is 6.04 Å². The van der Waals surface area contributed by atoms with Gasteiger partial charge in [0.2, 0.25) is 6.08 Å². The fourth-order valence-electron chi connectivity index (χ4n) is 1.20. The number of benzene rings is 1. The number of allylic oxidation sites excluding steroid dienone is 1. The Labute approximate surface area is 84.0 Å². The van der Waals surface area contributed by atoms with E-state index in [2.05, 4.69) is 4.99 Å². The molecule has 0 heterocycles. The molecule has 0 N–H and O–H groups in total. The van der Waals surface area contributed by atoms with E-state index in [1.807, 2.05) is 49.4 Å². The molecule has 14 heavy (non-hydrogen) atoms. The first-order valence-corrected chi connectivity index (χ1v) is 4.67. The third kappa shape index (κ3) is 3.00. The van der Waals surface area contributed by atoms with Gasteiger partial charge in [-0.3, -0.25) is 0 Å². The Balaban J connectivity index is 2.88. The van der Waals surface area contributed by atoms with Crippen LogP contribution in [0.2, 0.25) is 0 Å². The molecule has 0 saturated carbocycles. The standard InChI is InChI=1S/C12H13NO/c1-2-3-9-12(13-10-14)11-7-5-4-6-8-11/h3-9,12H,2H2,1H3. The van der Waals surface area contributed by atoms with Gasteiger partial charge in [0.1, 0.15) is 6.04 Å². The van der Waals surface area contributed by atoms with Crippen LogP contribution in [0.1, 0.15) is 24.9 Å². The van der Waals surface area contributed by atoms with E-state index in [9.17, 15) is 4.79 Å². The lowest BCUT2D eigenvalue weighted by Gasteiger charge is -2.04. The van der Waals surface area contributed by atoms with Gasteiger partial charge in [-0.25, -0.2) is 4.79 Å². The average molecular weight is 187 g/mol. The minimum atomic E-state index is -0.186. The van der Waals surface area contributed by atoms with Crippen molar-refractivity contribution in [2.24, 2.45) is 4.99 Å². The van der Waals surface area contributed by atoms with Crippen LogP contribution in [0.4, 0.5) is 0 Å². The summed E-state index contributed by atoms with van der Waals surface area (Å²) >= 11 is 0. The molecule has 0 aromatic heterocycles. The number of nitrogens with zero attached hydrogens (tertiary/aromatic N) is 1. The molecule has 0 fully saturated rings. The van der Waals surface area contributed by atoms with E-state index in [1.54, 1.807) is 6.08 Å². The zero-order valence-corrected chi connectivity index (χ0v) is 8.18. The zero-order valence-electron chi connectivity index (χ0n) is 8.18. The van der Waals surface area contributed by atoms with Crippen molar-refractivity contribution < 1.29 is 4.79 Å². The molecule has 1 unspecified atom stereocenters. The maximum atomic E-state index is 10.2. The van der Waals surface area contributed by atoms with Gasteiger partial charge in [0, 0.05) is 0 Å². The molecule has 1 atom stereocenters. The van der Waals surface area contributed by atoms with Gasteiger partial charge >= 0.3 is 0 Å². The Bertz CT molecular complexity index is 337. The predicted octanol–water partition coefficient (Wildman–Crippen LogP) is 3.03. The van der Waals surface area contributed by atoms with Crippen LogP contribution in [0.3, 0.4) is 0 Å². The van der Waals surface area contributed by atoms with Gasteiger partial charge in [-0.05, 0) is 12.0 Å². The molecule has 0 radical (unpaired) electrons. The second-order valence-electron chi connectivity index (χ2n) is 2.91. The summed E-state index contributed by atoms with van der Waals surface area (Å²) in [6.45, 7) is 2.04. The van der Waals surface area contributed by atoms with Crippen molar-refractivity contribution >= 4 is 6.08 Å². The highest BCUT2D eigenvalue weighted by Gasteiger charge is 2.03. The second-order valence-corrected chi connectivity index (χ2v) is 2.91. The van der Waals surface area contributed by atoms with E-state index in [4.69, 9.17) is 0 Å². The van der Waals surface area contributed by atoms with Crippen molar-refractivity contribution in [1.29, 1.82) is 0 Å². The smallest absolute Gasteiger partial charge is 0.211 e. The van der Waals surface area contributed by atoms with Crippen molar-refractivity contribution in [3.05, 3.63) is 48.0 Å². The third-order valence-corrected chi connectivity index (χ3v) is 1.89. The lowest BCUT2D eigenvalue weighted by atomic mass is 10.1. The lowest BCUT2D eigenvalue weighted by molar-refractivity contribution is 0.561. The number of aliphatic imine (C=N–C) groups is 1. The molecule has 1 rings (SSSR count). The Morgan fingerprint density at radius 3 is 2.71 bits per heavy atom. The maximum absolute atomic E-state index is 10.2. The van der Waals surface area contributed by atoms with Crippen molar-refractivity contribution in [1.82, 2.24) is 0 Å². The first-order valence-electron chi connectivity index (χ1n) is 4.67. The molecule has 0 saturated heterocycles. The summed E-state index contributed by atoms with van der Waals surface area (Å²) in [5.74, 6) is 0. The Morgan fingerprint density at radius 2 is 2.14 bits per heavy atom. The van der Waals surface area contributed by atoms with E-state index < -0.39 is 0 Å². The summed E-state index contributed by atoms with van der Waals surface area (Å²) in [5, 5.41) is 0. The average Bonchev–Trinajstić information content (AvgIpc) is 2.25. The molecule has 0 aliphatic heterocycles. The molecule has 72 valence electrons. The van der Waals surface area contributed by atoms with Gasteiger partial charge < -0.3 is 0 Å². The highest BCUT2D eigenvalue weighted by molar-refractivity contribution is 5.37. The number of hydrogen-bond donors (Lipinski definition) is 0. The fourth-order valence-corrected chi connectivity index (χ4v) is 1.20. The van der Waals surface area contributed by atoms with Crippen LogP contribution in [0.5, 0.6) is 0 Å². The zero-order chi connectivity index (χ0) is 10.2. The van der Waals surface area contributed by atoms with Gasteiger partial charge in [0.15, 0.2) is 0 Å². The molecule has 0 spiro atoms. The summed E-state index contributed by atoms with van der Waals surface area (Å²) in [6.07, 6.45) is 6.46. The van der Waals surface area contributed by atoms with Gasteiger partial charge in [-0.2, -0.15) is 4.99 Å². The van der Waals surface area contributed by atoms with Crippen molar-refractivity contribution in [3.8, 4) is 0 Å². The number of hydrogen-bond acceptors (Lipinski definition) is 2. The van der Waals surface area contributed by atoms with Gasteiger partial charge in [0.25, 0.3) is 0 Å². The van der Waals surface area contributed by atoms with Crippen LogP contribution < -0.4 is 0 Å². The molecule has 2 nitrogen and oxygen atoms in total. The Hall–Kier alpha value is -1.66. The first-order chi connectivity index (χ1) is 6.88. The van der Waals surface area contributed by atoms with Crippen LogP contribution in [-0.2, 0) is 4.79 Å². The lowest BCUT2D eigenvalue weighted by Crippen LogP contribution is -1.90. The van der Waals surface area contributed by atoms with Crippen molar-refractivity contribution in [2.45, 2.75) is 19.4 Å². The molecule has 0 bridgehead atoms. The number of rotatable bonds is 4. The molecular formula is C12H13NO. The highest BCUT2D eigenvalue weighted by Crippen LogP contribution is 2.17. The summed E-state index contributed by atoms with van der Waals surface area (Å²) in [5.41, 5.74) is 1.01. The topological polar surface area (TPSA) is 29.4 Å². The minimum absolute atomic E-state index is 0.186.